The minimum absolute atomic E-state index is 0.262. The lowest BCUT2D eigenvalue weighted by Gasteiger charge is -2.29. The summed E-state index contributed by atoms with van der Waals surface area (Å²) in [6.45, 7) is 2.83. The first-order valence-corrected chi connectivity index (χ1v) is 8.57. The van der Waals surface area contributed by atoms with Crippen molar-refractivity contribution >= 4 is 16.6 Å². The summed E-state index contributed by atoms with van der Waals surface area (Å²) >= 11 is 0. The third-order valence-corrected chi connectivity index (χ3v) is 4.68. The van der Waals surface area contributed by atoms with Gasteiger partial charge in [0, 0.05) is 30.9 Å². The van der Waals surface area contributed by atoms with Crippen LogP contribution in [0.2, 0.25) is 0 Å². The number of hydrogen-bond acceptors (Lipinski definition) is 5. The van der Waals surface area contributed by atoms with E-state index in [1.165, 1.54) is 18.3 Å². The lowest BCUT2D eigenvalue weighted by atomic mass is 10.2. The Kier molecular flexibility index (Phi) is 4.09. The third kappa shape index (κ3) is 3.07. The number of benzene rings is 1. The van der Waals surface area contributed by atoms with Crippen LogP contribution in [0.1, 0.15) is 24.7 Å². The molecule has 4 rings (SSSR count). The van der Waals surface area contributed by atoms with Crippen LogP contribution in [0.15, 0.2) is 36.3 Å². The number of allylic oxidation sites excluding steroid dienone is 2. The van der Waals surface area contributed by atoms with Crippen LogP contribution in [-0.4, -0.2) is 40.8 Å². The SMILES string of the molecule is N/C=C(\C=C(/N)N1CCOCC1)c1nc2ccc(F)cc2n1C1CC1. The maximum atomic E-state index is 13.7. The Morgan fingerprint density at radius 1 is 1.28 bits per heavy atom. The molecule has 1 aromatic carbocycles. The molecule has 1 saturated carbocycles. The van der Waals surface area contributed by atoms with Crippen molar-refractivity contribution < 1.29 is 9.13 Å². The molecule has 1 aliphatic heterocycles. The predicted molar refractivity (Wildman–Crippen MR) is 94.8 cm³/mol. The van der Waals surface area contributed by atoms with Gasteiger partial charge in [-0.15, -0.1) is 0 Å². The van der Waals surface area contributed by atoms with E-state index in [4.69, 9.17) is 16.2 Å². The van der Waals surface area contributed by atoms with Gasteiger partial charge in [-0.2, -0.15) is 0 Å². The number of morpholine rings is 1. The van der Waals surface area contributed by atoms with E-state index in [-0.39, 0.29) is 5.82 Å². The van der Waals surface area contributed by atoms with Crippen LogP contribution < -0.4 is 11.5 Å². The Morgan fingerprint density at radius 3 is 2.72 bits per heavy atom. The van der Waals surface area contributed by atoms with E-state index in [0.717, 1.165) is 48.4 Å². The third-order valence-electron chi connectivity index (χ3n) is 4.68. The second-order valence-corrected chi connectivity index (χ2v) is 6.46. The van der Waals surface area contributed by atoms with Gasteiger partial charge in [-0.25, -0.2) is 9.37 Å². The molecular weight excluding hydrogens is 321 g/mol. The monoisotopic (exact) mass is 343 g/mol. The molecule has 0 spiro atoms. The number of rotatable bonds is 4. The van der Waals surface area contributed by atoms with E-state index < -0.39 is 0 Å². The van der Waals surface area contributed by atoms with Gasteiger partial charge in [-0.05, 0) is 37.1 Å². The van der Waals surface area contributed by atoms with E-state index >= 15 is 0 Å². The topological polar surface area (TPSA) is 82.3 Å². The van der Waals surface area contributed by atoms with E-state index in [2.05, 4.69) is 14.5 Å². The van der Waals surface area contributed by atoms with Crippen LogP contribution in [0.4, 0.5) is 4.39 Å². The van der Waals surface area contributed by atoms with E-state index in [0.29, 0.717) is 25.1 Å². The van der Waals surface area contributed by atoms with E-state index in [1.807, 2.05) is 6.08 Å². The molecule has 1 aromatic heterocycles. The summed E-state index contributed by atoms with van der Waals surface area (Å²) in [4.78, 5) is 6.76. The normalized spacial score (nSPS) is 19.6. The van der Waals surface area contributed by atoms with Crippen molar-refractivity contribution in [2.24, 2.45) is 11.5 Å². The molecule has 7 heteroatoms. The molecule has 0 radical (unpaired) electrons. The Labute approximate surface area is 145 Å². The number of nitrogens with two attached hydrogens (primary N) is 2. The van der Waals surface area contributed by atoms with Crippen molar-refractivity contribution in [2.75, 3.05) is 26.3 Å². The lowest BCUT2D eigenvalue weighted by Crippen LogP contribution is -2.38. The van der Waals surface area contributed by atoms with Crippen molar-refractivity contribution in [3.8, 4) is 0 Å². The van der Waals surface area contributed by atoms with Gasteiger partial charge in [-0.3, -0.25) is 0 Å². The van der Waals surface area contributed by atoms with Gasteiger partial charge in [-0.1, -0.05) is 0 Å². The van der Waals surface area contributed by atoms with Crippen LogP contribution in [0, 0.1) is 5.82 Å². The zero-order chi connectivity index (χ0) is 17.4. The quantitative estimate of drug-likeness (QED) is 0.829. The van der Waals surface area contributed by atoms with Gasteiger partial charge in [0.15, 0.2) is 0 Å². The van der Waals surface area contributed by atoms with E-state index in [9.17, 15) is 4.39 Å². The molecule has 1 aliphatic carbocycles. The van der Waals surface area contributed by atoms with Gasteiger partial charge >= 0.3 is 0 Å². The minimum atomic E-state index is -0.262. The first-order chi connectivity index (χ1) is 12.2. The van der Waals surface area contributed by atoms with Crippen molar-refractivity contribution in [1.29, 1.82) is 0 Å². The Hall–Kier alpha value is -2.54. The summed E-state index contributed by atoms with van der Waals surface area (Å²) in [5.74, 6) is 1.12. The zero-order valence-electron chi connectivity index (χ0n) is 14.0. The van der Waals surface area contributed by atoms with Crippen molar-refractivity contribution in [1.82, 2.24) is 14.5 Å². The highest BCUT2D eigenvalue weighted by molar-refractivity contribution is 5.82. The fraction of sp³-hybridized carbons (Fsp3) is 0.389. The first kappa shape index (κ1) is 16.0. The van der Waals surface area contributed by atoms with Gasteiger partial charge in [0.2, 0.25) is 0 Å². The maximum absolute atomic E-state index is 13.7. The van der Waals surface area contributed by atoms with Crippen LogP contribution >= 0.6 is 0 Å². The highest BCUT2D eigenvalue weighted by atomic mass is 19.1. The van der Waals surface area contributed by atoms with Crippen LogP contribution in [0.5, 0.6) is 0 Å². The first-order valence-electron chi connectivity index (χ1n) is 8.57. The molecule has 4 N–H and O–H groups in total. The summed E-state index contributed by atoms with van der Waals surface area (Å²) in [5, 5.41) is 0. The number of nitrogens with zero attached hydrogens (tertiary/aromatic N) is 3. The predicted octanol–water partition coefficient (Wildman–Crippen LogP) is 1.94. The molecule has 2 aliphatic rings. The second kappa shape index (κ2) is 6.40. The number of imidazole rings is 1. The number of hydrogen-bond donors (Lipinski definition) is 2. The summed E-state index contributed by atoms with van der Waals surface area (Å²) in [6, 6.07) is 5.01. The Morgan fingerprint density at radius 2 is 2.04 bits per heavy atom. The smallest absolute Gasteiger partial charge is 0.142 e. The number of ether oxygens (including phenoxy) is 1. The van der Waals surface area contributed by atoms with Gasteiger partial charge in [0.25, 0.3) is 0 Å². The van der Waals surface area contributed by atoms with Gasteiger partial charge in [0.1, 0.15) is 11.6 Å². The molecule has 0 atom stereocenters. The molecule has 0 unspecified atom stereocenters. The molecule has 2 aromatic rings. The standard InChI is InChI=1S/C18H22FN5O/c19-13-1-4-15-16(10-13)24(14-2-3-14)18(22-15)12(11-20)9-17(21)23-5-7-25-8-6-23/h1,4,9-11,14H,2-3,5-8,20-21H2/b12-11+,17-9+. The molecule has 2 heterocycles. The fourth-order valence-electron chi connectivity index (χ4n) is 3.23. The molecule has 2 fully saturated rings. The number of fused-ring (bicyclic) bond motifs is 1. The second-order valence-electron chi connectivity index (χ2n) is 6.46. The zero-order valence-corrected chi connectivity index (χ0v) is 14.0. The molecule has 0 bridgehead atoms. The van der Waals surface area contributed by atoms with Crippen LogP contribution in [0.3, 0.4) is 0 Å². The highest BCUT2D eigenvalue weighted by Crippen LogP contribution is 2.40. The largest absolute Gasteiger partial charge is 0.404 e. The molecule has 1 saturated heterocycles. The highest BCUT2D eigenvalue weighted by Gasteiger charge is 2.29. The lowest BCUT2D eigenvalue weighted by molar-refractivity contribution is 0.0530. The maximum Gasteiger partial charge on any atom is 0.142 e. The summed E-state index contributed by atoms with van der Waals surface area (Å²) in [7, 11) is 0. The Balaban J connectivity index is 1.75. The molecular formula is C18H22FN5O. The molecule has 132 valence electrons. The molecule has 0 amide bonds. The average Bonchev–Trinajstić information content (AvgIpc) is 3.40. The van der Waals surface area contributed by atoms with Gasteiger partial charge in [0.05, 0.1) is 30.1 Å². The van der Waals surface area contributed by atoms with Crippen molar-refractivity contribution in [2.45, 2.75) is 18.9 Å². The minimum Gasteiger partial charge on any atom is -0.404 e. The summed E-state index contributed by atoms with van der Waals surface area (Å²) < 4.78 is 21.2. The average molecular weight is 343 g/mol. The van der Waals surface area contributed by atoms with E-state index in [1.54, 1.807) is 6.07 Å². The van der Waals surface area contributed by atoms with Gasteiger partial charge < -0.3 is 25.7 Å². The van der Waals surface area contributed by atoms with Crippen molar-refractivity contribution in [3.63, 3.8) is 0 Å². The summed E-state index contributed by atoms with van der Waals surface area (Å²) in [6.07, 6.45) is 5.50. The van der Waals surface area contributed by atoms with Crippen LogP contribution in [0.25, 0.3) is 16.6 Å². The number of aromatic nitrogens is 2. The van der Waals surface area contributed by atoms with Crippen LogP contribution in [-0.2, 0) is 4.74 Å². The fourth-order valence-corrected chi connectivity index (χ4v) is 3.23. The van der Waals surface area contributed by atoms with Crippen molar-refractivity contribution in [3.05, 3.63) is 47.9 Å². The number of halogens is 1. The molecule has 25 heavy (non-hydrogen) atoms. The molecule has 6 nitrogen and oxygen atoms in total. The Bertz CT molecular complexity index is 847. The summed E-state index contributed by atoms with van der Waals surface area (Å²) in [5.41, 5.74) is 14.5.